The molecule has 0 spiro atoms. The minimum atomic E-state index is -0.205. The second-order valence-corrected chi connectivity index (χ2v) is 8.44. The summed E-state index contributed by atoms with van der Waals surface area (Å²) in [5, 5.41) is 7.70. The second-order valence-electron chi connectivity index (χ2n) is 8.44. The fourth-order valence-electron chi connectivity index (χ4n) is 4.17. The van der Waals surface area contributed by atoms with Crippen LogP contribution in [-0.2, 0) is 13.1 Å². The van der Waals surface area contributed by atoms with E-state index in [1.165, 1.54) is 12.1 Å². The highest BCUT2D eigenvalue weighted by atomic mass is 19.1. The Kier molecular flexibility index (Phi) is 6.47. The first-order chi connectivity index (χ1) is 15.0. The van der Waals surface area contributed by atoms with Gasteiger partial charge in [-0.05, 0) is 68.1 Å². The summed E-state index contributed by atoms with van der Waals surface area (Å²) in [6.07, 6.45) is 1.83. The van der Waals surface area contributed by atoms with Gasteiger partial charge in [-0.3, -0.25) is 14.4 Å². The normalized spacial score (nSPS) is 15.2. The molecule has 1 aliphatic rings. The van der Waals surface area contributed by atoms with Gasteiger partial charge in [0.15, 0.2) is 0 Å². The third-order valence-corrected chi connectivity index (χ3v) is 5.87. The molecule has 1 saturated heterocycles. The van der Waals surface area contributed by atoms with Crippen LogP contribution in [0.4, 0.5) is 4.39 Å². The molecule has 1 aromatic heterocycles. The molecule has 1 fully saturated rings. The molecule has 0 unspecified atom stereocenters. The number of amides is 1. The highest BCUT2D eigenvalue weighted by Crippen LogP contribution is 2.16. The third-order valence-electron chi connectivity index (χ3n) is 5.87. The van der Waals surface area contributed by atoms with E-state index in [1.54, 1.807) is 0 Å². The van der Waals surface area contributed by atoms with Crippen LogP contribution in [0.2, 0.25) is 0 Å². The largest absolute Gasteiger partial charge is 0.349 e. The molecule has 4 rings (SSSR count). The van der Waals surface area contributed by atoms with Gasteiger partial charge >= 0.3 is 0 Å². The second kappa shape index (κ2) is 9.43. The maximum absolute atomic E-state index is 13.1. The Labute approximate surface area is 182 Å². The average molecular weight is 421 g/mol. The van der Waals surface area contributed by atoms with Crippen molar-refractivity contribution in [3.05, 3.63) is 88.5 Å². The lowest BCUT2D eigenvalue weighted by Gasteiger charge is -2.32. The lowest BCUT2D eigenvalue weighted by molar-refractivity contribution is 0.0909. The summed E-state index contributed by atoms with van der Waals surface area (Å²) < 4.78 is 15.0. The van der Waals surface area contributed by atoms with E-state index in [0.29, 0.717) is 12.1 Å². The van der Waals surface area contributed by atoms with E-state index in [1.807, 2.05) is 54.9 Å². The Morgan fingerprint density at radius 2 is 1.77 bits per heavy atom. The summed E-state index contributed by atoms with van der Waals surface area (Å²) in [6.45, 7) is 7.33. The molecule has 1 amide bonds. The number of carbonyl (C=O) groups is 1. The van der Waals surface area contributed by atoms with Gasteiger partial charge in [0.25, 0.3) is 5.91 Å². The zero-order valence-electron chi connectivity index (χ0n) is 18.1. The molecule has 2 aromatic carbocycles. The quantitative estimate of drug-likeness (QED) is 0.654. The van der Waals surface area contributed by atoms with Gasteiger partial charge in [0.1, 0.15) is 5.82 Å². The van der Waals surface area contributed by atoms with Crippen molar-refractivity contribution in [1.82, 2.24) is 20.0 Å². The van der Waals surface area contributed by atoms with Crippen LogP contribution >= 0.6 is 0 Å². The van der Waals surface area contributed by atoms with E-state index in [2.05, 4.69) is 21.4 Å². The molecular weight excluding hydrogens is 391 g/mol. The molecular formula is C25H29FN4O. The topological polar surface area (TPSA) is 50.2 Å². The fraction of sp³-hybridized carbons (Fsp3) is 0.360. The predicted octanol–water partition coefficient (Wildman–Crippen LogP) is 4.08. The van der Waals surface area contributed by atoms with E-state index in [-0.39, 0.29) is 17.8 Å². The number of nitrogens with zero attached hydrogens (tertiary/aromatic N) is 3. The van der Waals surface area contributed by atoms with Gasteiger partial charge in [0.2, 0.25) is 0 Å². The number of halogens is 1. The minimum Gasteiger partial charge on any atom is -0.349 e. The Hall–Kier alpha value is -2.99. The van der Waals surface area contributed by atoms with Crippen LogP contribution in [0.3, 0.4) is 0 Å². The van der Waals surface area contributed by atoms with Crippen molar-refractivity contribution in [1.29, 1.82) is 0 Å². The van der Waals surface area contributed by atoms with Crippen LogP contribution in [0.25, 0.3) is 0 Å². The molecule has 0 atom stereocenters. The lowest BCUT2D eigenvalue weighted by atomic mass is 10.0. The number of rotatable bonds is 6. The molecule has 3 aromatic rings. The number of hydrogen-bond acceptors (Lipinski definition) is 3. The van der Waals surface area contributed by atoms with Crippen LogP contribution < -0.4 is 5.32 Å². The van der Waals surface area contributed by atoms with E-state index >= 15 is 0 Å². The first kappa shape index (κ1) is 21.2. The summed E-state index contributed by atoms with van der Waals surface area (Å²) in [6, 6.07) is 16.7. The summed E-state index contributed by atoms with van der Waals surface area (Å²) in [7, 11) is 0. The molecule has 0 aliphatic carbocycles. The van der Waals surface area contributed by atoms with Crippen LogP contribution in [0.5, 0.6) is 0 Å². The molecule has 6 heteroatoms. The van der Waals surface area contributed by atoms with Crippen LogP contribution in [0, 0.1) is 19.7 Å². The predicted molar refractivity (Wildman–Crippen MR) is 119 cm³/mol. The summed E-state index contributed by atoms with van der Waals surface area (Å²) >= 11 is 0. The summed E-state index contributed by atoms with van der Waals surface area (Å²) in [4.78, 5) is 15.2. The fourth-order valence-corrected chi connectivity index (χ4v) is 4.17. The first-order valence-corrected chi connectivity index (χ1v) is 10.8. The zero-order valence-corrected chi connectivity index (χ0v) is 18.1. The Morgan fingerprint density at radius 3 is 2.45 bits per heavy atom. The molecule has 2 heterocycles. The van der Waals surface area contributed by atoms with E-state index < -0.39 is 0 Å². The molecule has 31 heavy (non-hydrogen) atoms. The van der Waals surface area contributed by atoms with E-state index in [4.69, 9.17) is 0 Å². The Bertz CT molecular complexity index is 1040. The Balaban J connectivity index is 1.30. The summed E-state index contributed by atoms with van der Waals surface area (Å²) in [5.74, 6) is -0.226. The molecule has 0 radical (unpaired) electrons. The molecule has 0 saturated carbocycles. The third kappa shape index (κ3) is 5.58. The van der Waals surface area contributed by atoms with Gasteiger partial charge in [-0.2, -0.15) is 5.10 Å². The van der Waals surface area contributed by atoms with Crippen molar-refractivity contribution < 1.29 is 9.18 Å². The van der Waals surface area contributed by atoms with Crippen molar-refractivity contribution in [3.8, 4) is 0 Å². The van der Waals surface area contributed by atoms with Crippen molar-refractivity contribution in [2.24, 2.45) is 0 Å². The number of aryl methyl sites for hydroxylation is 2. The summed E-state index contributed by atoms with van der Waals surface area (Å²) in [5.41, 5.74) is 4.97. The smallest absolute Gasteiger partial charge is 0.251 e. The number of carbonyl (C=O) groups excluding carboxylic acids is 1. The van der Waals surface area contributed by atoms with Gasteiger partial charge in [-0.15, -0.1) is 0 Å². The maximum Gasteiger partial charge on any atom is 0.251 e. The molecule has 1 aliphatic heterocycles. The van der Waals surface area contributed by atoms with Crippen LogP contribution in [0.15, 0.2) is 54.6 Å². The zero-order chi connectivity index (χ0) is 21.8. The monoisotopic (exact) mass is 420 g/mol. The Morgan fingerprint density at radius 1 is 1.03 bits per heavy atom. The highest BCUT2D eigenvalue weighted by Gasteiger charge is 2.21. The van der Waals surface area contributed by atoms with Crippen molar-refractivity contribution in [2.45, 2.75) is 45.8 Å². The van der Waals surface area contributed by atoms with Crippen molar-refractivity contribution in [3.63, 3.8) is 0 Å². The number of likely N-dealkylation sites (tertiary alicyclic amines) is 1. The van der Waals surface area contributed by atoms with Gasteiger partial charge in [0, 0.05) is 36.9 Å². The lowest BCUT2D eigenvalue weighted by Crippen LogP contribution is -2.44. The van der Waals surface area contributed by atoms with E-state index in [9.17, 15) is 9.18 Å². The SMILES string of the molecule is Cc1cc(C)n(Cc2cccc(C(=O)NC3CCN(Cc4ccc(F)cc4)CC3)c2)n1. The molecule has 162 valence electrons. The van der Waals surface area contributed by atoms with Gasteiger partial charge in [-0.25, -0.2) is 4.39 Å². The van der Waals surface area contributed by atoms with Crippen molar-refractivity contribution in [2.75, 3.05) is 13.1 Å². The molecule has 1 N–H and O–H groups in total. The number of aromatic nitrogens is 2. The standard InChI is InChI=1S/C25H29FN4O/c1-18-14-19(2)30(28-18)17-21-4-3-5-22(15-21)25(31)27-24-10-12-29(13-11-24)16-20-6-8-23(26)9-7-20/h3-9,14-15,24H,10-13,16-17H2,1-2H3,(H,27,31). The van der Waals surface area contributed by atoms with Crippen LogP contribution in [0.1, 0.15) is 45.7 Å². The van der Waals surface area contributed by atoms with Crippen molar-refractivity contribution >= 4 is 5.91 Å². The van der Waals surface area contributed by atoms with Gasteiger partial charge in [0.05, 0.1) is 12.2 Å². The van der Waals surface area contributed by atoms with E-state index in [0.717, 1.165) is 55.0 Å². The number of hydrogen-bond donors (Lipinski definition) is 1. The molecule has 0 bridgehead atoms. The molecule has 5 nitrogen and oxygen atoms in total. The average Bonchev–Trinajstić information content (AvgIpc) is 3.08. The maximum atomic E-state index is 13.1. The first-order valence-electron chi connectivity index (χ1n) is 10.8. The number of nitrogens with one attached hydrogen (secondary N) is 1. The minimum absolute atomic E-state index is 0.0211. The number of piperidine rings is 1. The number of benzene rings is 2. The highest BCUT2D eigenvalue weighted by molar-refractivity contribution is 5.94. The van der Waals surface area contributed by atoms with Gasteiger partial charge < -0.3 is 5.32 Å². The van der Waals surface area contributed by atoms with Gasteiger partial charge in [-0.1, -0.05) is 24.3 Å². The van der Waals surface area contributed by atoms with Crippen LogP contribution in [-0.4, -0.2) is 39.7 Å².